The molecule has 0 amide bonds. The van der Waals surface area contributed by atoms with Crippen molar-refractivity contribution in [2.75, 3.05) is 5.75 Å². The van der Waals surface area contributed by atoms with Gasteiger partial charge in [-0.05, 0) is 55.2 Å². The van der Waals surface area contributed by atoms with Gasteiger partial charge in [0.15, 0.2) is 0 Å². The molecule has 2 heterocycles. The molecule has 0 N–H and O–H groups in total. The summed E-state index contributed by atoms with van der Waals surface area (Å²) in [6, 6.07) is 9.19. The minimum absolute atomic E-state index is 0.448. The number of thiophene rings is 1. The van der Waals surface area contributed by atoms with Gasteiger partial charge < -0.3 is 0 Å². The molecule has 1 atom stereocenters. The Kier molecular flexibility index (Phi) is 4.58. The molecule has 0 aliphatic carbocycles. The fourth-order valence-corrected chi connectivity index (χ4v) is 5.75. The van der Waals surface area contributed by atoms with Gasteiger partial charge in [-0.25, -0.2) is 0 Å². The summed E-state index contributed by atoms with van der Waals surface area (Å²) in [7, 11) is 0. The van der Waals surface area contributed by atoms with Gasteiger partial charge in [0.1, 0.15) is 0 Å². The monoisotopic (exact) mass is 366 g/mol. The zero-order valence-corrected chi connectivity index (χ0v) is 15.1. The first-order valence-corrected chi connectivity index (χ1v) is 9.91. The van der Waals surface area contributed by atoms with Gasteiger partial charge in [-0.15, -0.1) is 11.3 Å². The lowest BCUT2D eigenvalue weighted by atomic mass is 10.0. The lowest BCUT2D eigenvalue weighted by Crippen LogP contribution is -1.97. The lowest BCUT2D eigenvalue weighted by molar-refractivity contribution is 0.953. The Morgan fingerprint density at radius 2 is 2.10 bits per heavy atom. The third-order valence-corrected chi connectivity index (χ3v) is 7.34. The van der Waals surface area contributed by atoms with Crippen LogP contribution < -0.4 is 0 Å². The van der Waals surface area contributed by atoms with Gasteiger partial charge >= 0.3 is 0 Å². The average molecular weight is 367 g/mol. The Morgan fingerprint density at radius 1 is 1.25 bits per heavy atom. The number of alkyl halides is 1. The average Bonchev–Trinajstić information content (AvgIpc) is 2.87. The highest BCUT2D eigenvalue weighted by Gasteiger charge is 2.18. The minimum atomic E-state index is 0.448. The first-order chi connectivity index (χ1) is 9.63. The fourth-order valence-electron chi connectivity index (χ4n) is 2.64. The Bertz CT molecular complexity index is 592. The van der Waals surface area contributed by atoms with Gasteiger partial charge in [0.2, 0.25) is 0 Å². The van der Waals surface area contributed by atoms with Crippen LogP contribution in [0.25, 0.3) is 0 Å². The number of hydrogen-bond donors (Lipinski definition) is 0. The Labute approximate surface area is 138 Å². The third-order valence-electron chi connectivity index (χ3n) is 3.86. The van der Waals surface area contributed by atoms with E-state index in [4.69, 9.17) is 0 Å². The second-order valence-electron chi connectivity index (χ2n) is 5.50. The SMILES string of the molecule is Cc1ccc(C)c(CC(Br)c2cc3c(s2)CCSC3)c1. The quantitative estimate of drug-likeness (QED) is 0.615. The molecular weight excluding hydrogens is 348 g/mol. The Morgan fingerprint density at radius 3 is 2.90 bits per heavy atom. The van der Waals surface area contributed by atoms with Crippen molar-refractivity contribution < 1.29 is 0 Å². The van der Waals surface area contributed by atoms with E-state index in [1.807, 2.05) is 11.3 Å². The molecule has 20 heavy (non-hydrogen) atoms. The summed E-state index contributed by atoms with van der Waals surface area (Å²) in [5, 5.41) is 0. The van der Waals surface area contributed by atoms with Crippen LogP contribution >= 0.6 is 39.0 Å². The second kappa shape index (κ2) is 6.25. The van der Waals surface area contributed by atoms with Crippen LogP contribution in [0.5, 0.6) is 0 Å². The maximum Gasteiger partial charge on any atom is 0.0529 e. The first kappa shape index (κ1) is 14.7. The molecule has 0 radical (unpaired) electrons. The molecule has 0 spiro atoms. The number of benzene rings is 1. The standard InChI is InChI=1S/C17H19BrS2/c1-11-3-4-12(2)13(7-11)8-15(18)17-9-14-10-19-6-5-16(14)20-17/h3-4,7,9,15H,5-6,8,10H2,1-2H3. The van der Waals surface area contributed by atoms with Gasteiger partial charge in [-0.1, -0.05) is 39.7 Å². The van der Waals surface area contributed by atoms with Crippen molar-refractivity contribution in [2.45, 2.75) is 37.3 Å². The number of fused-ring (bicyclic) bond motifs is 1. The third kappa shape index (κ3) is 3.15. The van der Waals surface area contributed by atoms with Crippen LogP contribution in [0.3, 0.4) is 0 Å². The zero-order valence-electron chi connectivity index (χ0n) is 11.9. The van der Waals surface area contributed by atoms with E-state index in [2.05, 4.69) is 65.8 Å². The van der Waals surface area contributed by atoms with Gasteiger partial charge in [-0.3, -0.25) is 0 Å². The number of thioether (sulfide) groups is 1. The highest BCUT2D eigenvalue weighted by atomic mass is 79.9. The van der Waals surface area contributed by atoms with Gasteiger partial charge in [0.05, 0.1) is 4.83 Å². The molecule has 0 fully saturated rings. The first-order valence-electron chi connectivity index (χ1n) is 7.03. The van der Waals surface area contributed by atoms with Crippen LogP contribution in [0, 0.1) is 13.8 Å². The summed E-state index contributed by atoms with van der Waals surface area (Å²) in [4.78, 5) is 3.56. The summed E-state index contributed by atoms with van der Waals surface area (Å²) < 4.78 is 0. The molecule has 0 nitrogen and oxygen atoms in total. The lowest BCUT2D eigenvalue weighted by Gasteiger charge is -2.11. The fraction of sp³-hybridized carbons (Fsp3) is 0.412. The molecule has 3 rings (SSSR count). The van der Waals surface area contributed by atoms with Gasteiger partial charge in [-0.2, -0.15) is 11.8 Å². The number of hydrogen-bond acceptors (Lipinski definition) is 2. The molecule has 2 aromatic rings. The molecule has 1 aliphatic rings. The smallest absolute Gasteiger partial charge is 0.0529 e. The normalized spacial score (nSPS) is 15.9. The van der Waals surface area contributed by atoms with Crippen molar-refractivity contribution in [3.8, 4) is 0 Å². The van der Waals surface area contributed by atoms with Crippen molar-refractivity contribution in [1.29, 1.82) is 0 Å². The Balaban J connectivity index is 1.80. The predicted molar refractivity (Wildman–Crippen MR) is 95.5 cm³/mol. The van der Waals surface area contributed by atoms with E-state index >= 15 is 0 Å². The van der Waals surface area contributed by atoms with E-state index in [9.17, 15) is 0 Å². The topological polar surface area (TPSA) is 0 Å². The molecular formula is C17H19BrS2. The molecule has 3 heteroatoms. The molecule has 1 aromatic carbocycles. The molecule has 0 saturated heterocycles. The summed E-state index contributed by atoms with van der Waals surface area (Å²) in [5.41, 5.74) is 5.79. The van der Waals surface area contributed by atoms with E-state index in [-0.39, 0.29) is 0 Å². The van der Waals surface area contributed by atoms with E-state index in [0.29, 0.717) is 4.83 Å². The van der Waals surface area contributed by atoms with Crippen LogP contribution in [0.15, 0.2) is 24.3 Å². The summed E-state index contributed by atoms with van der Waals surface area (Å²) in [5.74, 6) is 2.49. The molecule has 106 valence electrons. The Hall–Kier alpha value is -0.250. The molecule has 0 saturated carbocycles. The highest BCUT2D eigenvalue weighted by molar-refractivity contribution is 9.09. The molecule has 1 aliphatic heterocycles. The maximum atomic E-state index is 3.91. The molecule has 0 bridgehead atoms. The minimum Gasteiger partial charge on any atom is -0.157 e. The largest absolute Gasteiger partial charge is 0.157 e. The number of aryl methyl sites for hydroxylation is 3. The van der Waals surface area contributed by atoms with Crippen molar-refractivity contribution in [3.05, 3.63) is 56.3 Å². The van der Waals surface area contributed by atoms with Crippen LogP contribution in [-0.2, 0) is 18.6 Å². The summed E-state index contributed by atoms with van der Waals surface area (Å²) >= 11 is 7.99. The molecule has 1 unspecified atom stereocenters. The summed E-state index contributed by atoms with van der Waals surface area (Å²) in [6.07, 6.45) is 2.34. The predicted octanol–water partition coefficient (Wildman–Crippen LogP) is 5.83. The van der Waals surface area contributed by atoms with Crippen molar-refractivity contribution in [1.82, 2.24) is 0 Å². The van der Waals surface area contributed by atoms with E-state index < -0.39 is 0 Å². The van der Waals surface area contributed by atoms with Gasteiger partial charge in [0, 0.05) is 15.5 Å². The number of halogens is 1. The van der Waals surface area contributed by atoms with E-state index in [1.165, 1.54) is 39.5 Å². The number of rotatable bonds is 3. The zero-order chi connectivity index (χ0) is 14.1. The maximum absolute atomic E-state index is 3.91. The van der Waals surface area contributed by atoms with E-state index in [1.54, 1.807) is 10.4 Å². The van der Waals surface area contributed by atoms with Crippen molar-refractivity contribution in [2.24, 2.45) is 0 Å². The van der Waals surface area contributed by atoms with Crippen molar-refractivity contribution >= 4 is 39.0 Å². The van der Waals surface area contributed by atoms with Crippen LogP contribution in [0.2, 0.25) is 0 Å². The molecule has 1 aromatic heterocycles. The summed E-state index contributed by atoms with van der Waals surface area (Å²) in [6.45, 7) is 4.39. The second-order valence-corrected chi connectivity index (χ2v) is 8.88. The van der Waals surface area contributed by atoms with Crippen molar-refractivity contribution in [3.63, 3.8) is 0 Å². The van der Waals surface area contributed by atoms with E-state index in [0.717, 1.165) is 6.42 Å². The van der Waals surface area contributed by atoms with Crippen LogP contribution in [-0.4, -0.2) is 5.75 Å². The van der Waals surface area contributed by atoms with Gasteiger partial charge in [0.25, 0.3) is 0 Å². The van der Waals surface area contributed by atoms with Crippen LogP contribution in [0.1, 0.15) is 36.8 Å². The highest BCUT2D eigenvalue weighted by Crippen LogP contribution is 2.38. The van der Waals surface area contributed by atoms with Crippen LogP contribution in [0.4, 0.5) is 0 Å².